The predicted octanol–water partition coefficient (Wildman–Crippen LogP) is 4.73. The van der Waals surface area contributed by atoms with E-state index in [-0.39, 0.29) is 5.91 Å². The zero-order valence-electron chi connectivity index (χ0n) is 13.6. The van der Waals surface area contributed by atoms with Crippen molar-refractivity contribution in [1.29, 1.82) is 0 Å². The first-order chi connectivity index (χ1) is 12.1. The summed E-state index contributed by atoms with van der Waals surface area (Å²) in [6.07, 6.45) is 0. The zero-order valence-corrected chi connectivity index (χ0v) is 15.1. The number of ether oxygens (including phenoxy) is 2. The number of methoxy groups -OCH3 is 2. The minimum Gasteiger partial charge on any atom is -0.493 e. The molecular formula is C18H15ClN2O3S. The Kier molecular flexibility index (Phi) is 5.21. The Morgan fingerprint density at radius 3 is 2.48 bits per heavy atom. The smallest absolute Gasteiger partial charge is 0.275 e. The fourth-order valence-corrected chi connectivity index (χ4v) is 3.13. The molecule has 1 heterocycles. The molecule has 1 amide bonds. The third-order valence-corrected chi connectivity index (χ3v) is 4.61. The van der Waals surface area contributed by atoms with Crippen LogP contribution in [0.4, 0.5) is 5.69 Å². The van der Waals surface area contributed by atoms with Crippen LogP contribution in [-0.4, -0.2) is 25.1 Å². The lowest BCUT2D eigenvalue weighted by atomic mass is 10.2. The van der Waals surface area contributed by atoms with Gasteiger partial charge in [0.25, 0.3) is 5.91 Å². The van der Waals surface area contributed by atoms with Crippen LogP contribution in [0.2, 0.25) is 5.02 Å². The number of aromatic nitrogens is 1. The number of anilines is 1. The molecule has 3 rings (SSSR count). The molecule has 25 heavy (non-hydrogen) atoms. The van der Waals surface area contributed by atoms with Crippen LogP contribution in [0.3, 0.4) is 0 Å². The topological polar surface area (TPSA) is 60.5 Å². The zero-order chi connectivity index (χ0) is 17.8. The van der Waals surface area contributed by atoms with Crippen molar-refractivity contribution in [3.05, 3.63) is 58.6 Å². The molecule has 0 fully saturated rings. The van der Waals surface area contributed by atoms with Crippen LogP contribution in [0.5, 0.6) is 11.5 Å². The molecule has 5 nitrogen and oxygen atoms in total. The van der Waals surface area contributed by atoms with Gasteiger partial charge in [-0.1, -0.05) is 11.6 Å². The van der Waals surface area contributed by atoms with Crippen molar-refractivity contribution in [2.75, 3.05) is 19.5 Å². The quantitative estimate of drug-likeness (QED) is 0.701. The molecular weight excluding hydrogens is 360 g/mol. The van der Waals surface area contributed by atoms with E-state index in [0.29, 0.717) is 27.9 Å². The van der Waals surface area contributed by atoms with Crippen LogP contribution in [0.1, 0.15) is 10.5 Å². The van der Waals surface area contributed by atoms with E-state index >= 15 is 0 Å². The highest BCUT2D eigenvalue weighted by molar-refractivity contribution is 7.13. The number of hydrogen-bond acceptors (Lipinski definition) is 5. The van der Waals surface area contributed by atoms with Crippen molar-refractivity contribution >= 4 is 34.5 Å². The Balaban J connectivity index is 1.80. The summed E-state index contributed by atoms with van der Waals surface area (Å²) in [4.78, 5) is 16.7. The van der Waals surface area contributed by atoms with Crippen molar-refractivity contribution in [3.8, 4) is 22.1 Å². The first-order valence-corrected chi connectivity index (χ1v) is 8.61. The highest BCUT2D eigenvalue weighted by atomic mass is 35.5. The number of hydrogen-bond donors (Lipinski definition) is 1. The van der Waals surface area contributed by atoms with Crippen molar-refractivity contribution in [1.82, 2.24) is 4.98 Å². The Hall–Kier alpha value is -2.57. The van der Waals surface area contributed by atoms with Gasteiger partial charge in [0.2, 0.25) is 0 Å². The van der Waals surface area contributed by atoms with Gasteiger partial charge >= 0.3 is 0 Å². The summed E-state index contributed by atoms with van der Waals surface area (Å²) in [5, 5.41) is 5.85. The van der Waals surface area contributed by atoms with Gasteiger partial charge in [0.1, 0.15) is 10.7 Å². The van der Waals surface area contributed by atoms with Gasteiger partial charge in [0.05, 0.1) is 14.2 Å². The Bertz CT molecular complexity index is 894. The second-order valence-corrected chi connectivity index (χ2v) is 6.36. The second kappa shape index (κ2) is 7.55. The Labute approximate surface area is 154 Å². The van der Waals surface area contributed by atoms with Crippen LogP contribution in [0.25, 0.3) is 10.6 Å². The largest absolute Gasteiger partial charge is 0.493 e. The van der Waals surface area contributed by atoms with Crippen molar-refractivity contribution in [2.24, 2.45) is 0 Å². The summed E-state index contributed by atoms with van der Waals surface area (Å²) in [5.41, 5.74) is 1.87. The van der Waals surface area contributed by atoms with Gasteiger partial charge in [-0.25, -0.2) is 4.98 Å². The highest BCUT2D eigenvalue weighted by Gasteiger charge is 2.14. The number of nitrogens with one attached hydrogen (secondary N) is 1. The lowest BCUT2D eigenvalue weighted by Gasteiger charge is -2.08. The molecule has 1 aromatic heterocycles. The fraction of sp³-hybridized carbons (Fsp3) is 0.111. The van der Waals surface area contributed by atoms with Gasteiger partial charge in [0.15, 0.2) is 11.5 Å². The van der Waals surface area contributed by atoms with Gasteiger partial charge in [-0.2, -0.15) is 0 Å². The molecule has 0 bridgehead atoms. The molecule has 0 aliphatic rings. The molecule has 2 aromatic carbocycles. The first kappa shape index (κ1) is 17.3. The number of thiazole rings is 1. The molecule has 128 valence electrons. The molecule has 0 aliphatic heterocycles. The molecule has 1 N–H and O–H groups in total. The molecule has 0 aliphatic carbocycles. The Morgan fingerprint density at radius 1 is 1.08 bits per heavy atom. The fourth-order valence-electron chi connectivity index (χ4n) is 2.21. The first-order valence-electron chi connectivity index (χ1n) is 7.35. The number of halogens is 1. The van der Waals surface area contributed by atoms with E-state index in [1.54, 1.807) is 43.9 Å². The van der Waals surface area contributed by atoms with E-state index in [1.807, 2.05) is 18.2 Å². The van der Waals surface area contributed by atoms with Gasteiger partial charge in [-0.05, 0) is 42.5 Å². The van der Waals surface area contributed by atoms with Crippen molar-refractivity contribution in [3.63, 3.8) is 0 Å². The number of carbonyl (C=O) groups excluding carboxylic acids is 1. The summed E-state index contributed by atoms with van der Waals surface area (Å²) in [6, 6.07) is 12.4. The minimum atomic E-state index is -0.273. The van der Waals surface area contributed by atoms with E-state index < -0.39 is 0 Å². The maximum atomic E-state index is 12.3. The molecule has 0 radical (unpaired) electrons. The third-order valence-electron chi connectivity index (χ3n) is 3.47. The van der Waals surface area contributed by atoms with Gasteiger partial charge in [-0.3, -0.25) is 4.79 Å². The van der Waals surface area contributed by atoms with Crippen molar-refractivity contribution < 1.29 is 14.3 Å². The molecule has 3 aromatic rings. The maximum Gasteiger partial charge on any atom is 0.275 e. The summed E-state index contributed by atoms with van der Waals surface area (Å²) in [5.74, 6) is 0.983. The van der Waals surface area contributed by atoms with Crippen molar-refractivity contribution in [2.45, 2.75) is 0 Å². The average Bonchev–Trinajstić information content (AvgIpc) is 3.13. The molecule has 0 saturated carbocycles. The van der Waals surface area contributed by atoms with Gasteiger partial charge in [0, 0.05) is 21.7 Å². The Morgan fingerprint density at radius 2 is 1.80 bits per heavy atom. The summed E-state index contributed by atoms with van der Waals surface area (Å²) in [6.45, 7) is 0. The minimum absolute atomic E-state index is 0.273. The molecule has 0 unspecified atom stereocenters. The molecule has 0 atom stereocenters. The monoisotopic (exact) mass is 374 g/mol. The number of nitrogens with zero attached hydrogens (tertiary/aromatic N) is 1. The lowest BCUT2D eigenvalue weighted by Crippen LogP contribution is -2.12. The summed E-state index contributed by atoms with van der Waals surface area (Å²) in [7, 11) is 3.16. The average molecular weight is 375 g/mol. The van der Waals surface area contributed by atoms with Crippen LogP contribution >= 0.6 is 22.9 Å². The SMILES string of the molecule is COc1ccc(-c2nc(C(=O)Nc3ccc(Cl)cc3)cs2)cc1OC. The van der Waals surface area contributed by atoms with E-state index in [4.69, 9.17) is 21.1 Å². The number of rotatable bonds is 5. The van der Waals surface area contributed by atoms with Crippen LogP contribution in [0.15, 0.2) is 47.8 Å². The maximum absolute atomic E-state index is 12.3. The van der Waals surface area contributed by atoms with E-state index in [1.165, 1.54) is 11.3 Å². The van der Waals surface area contributed by atoms with Gasteiger partial charge in [-0.15, -0.1) is 11.3 Å². The third kappa shape index (κ3) is 3.92. The number of benzene rings is 2. The number of carbonyl (C=O) groups is 1. The normalized spacial score (nSPS) is 10.4. The standard InChI is InChI=1S/C18H15ClN2O3S/c1-23-15-8-3-11(9-16(15)24-2)18-21-14(10-25-18)17(22)20-13-6-4-12(19)5-7-13/h3-10H,1-2H3,(H,20,22). The van der Waals surface area contributed by atoms with Gasteiger partial charge < -0.3 is 14.8 Å². The number of amides is 1. The molecule has 7 heteroatoms. The van der Waals surface area contributed by atoms with Crippen LogP contribution in [0, 0.1) is 0 Å². The molecule has 0 saturated heterocycles. The predicted molar refractivity (Wildman–Crippen MR) is 100 cm³/mol. The second-order valence-electron chi connectivity index (χ2n) is 5.07. The highest BCUT2D eigenvalue weighted by Crippen LogP contribution is 2.33. The van der Waals surface area contributed by atoms with Crippen LogP contribution < -0.4 is 14.8 Å². The summed E-state index contributed by atoms with van der Waals surface area (Å²) >= 11 is 7.23. The van der Waals surface area contributed by atoms with Crippen LogP contribution in [-0.2, 0) is 0 Å². The molecule has 0 spiro atoms. The summed E-state index contributed by atoms with van der Waals surface area (Å²) < 4.78 is 10.5. The van der Waals surface area contributed by atoms with E-state index in [9.17, 15) is 4.79 Å². The lowest BCUT2D eigenvalue weighted by molar-refractivity contribution is 0.102. The van der Waals surface area contributed by atoms with E-state index in [0.717, 1.165) is 10.6 Å². The van der Waals surface area contributed by atoms with E-state index in [2.05, 4.69) is 10.3 Å².